The molecule has 0 unspecified atom stereocenters. The summed E-state index contributed by atoms with van der Waals surface area (Å²) in [4.78, 5) is 25.3. The minimum Gasteiger partial charge on any atom is -0.494 e. The number of carbonyl (C=O) groups is 2. The van der Waals surface area contributed by atoms with Crippen molar-refractivity contribution >= 4 is 11.8 Å². The molecule has 1 fully saturated rings. The number of amides is 2. The molecule has 0 spiro atoms. The van der Waals surface area contributed by atoms with Gasteiger partial charge in [-0.05, 0) is 43.5 Å². The second kappa shape index (κ2) is 9.02. The highest BCUT2D eigenvalue weighted by Gasteiger charge is 2.18. The van der Waals surface area contributed by atoms with Gasteiger partial charge in [0.15, 0.2) is 6.61 Å². The molecular weight excluding hydrogens is 296 g/mol. The van der Waals surface area contributed by atoms with Crippen LogP contribution in [-0.4, -0.2) is 49.6 Å². The molecule has 1 N–H and O–H groups in total. The quantitative estimate of drug-likeness (QED) is 0.790. The maximum atomic E-state index is 11.8. The lowest BCUT2D eigenvalue weighted by atomic mass is 10.3. The Morgan fingerprint density at radius 1 is 1.09 bits per heavy atom. The zero-order valence-electron chi connectivity index (χ0n) is 13.5. The van der Waals surface area contributed by atoms with Crippen molar-refractivity contribution in [2.24, 2.45) is 0 Å². The average molecular weight is 320 g/mol. The normalized spacial score (nSPS) is 13.7. The van der Waals surface area contributed by atoms with Gasteiger partial charge in [-0.3, -0.25) is 9.59 Å². The van der Waals surface area contributed by atoms with Gasteiger partial charge in [0, 0.05) is 13.1 Å². The van der Waals surface area contributed by atoms with Gasteiger partial charge in [0.2, 0.25) is 5.91 Å². The molecule has 1 aliphatic rings. The van der Waals surface area contributed by atoms with E-state index in [4.69, 9.17) is 9.47 Å². The van der Waals surface area contributed by atoms with E-state index >= 15 is 0 Å². The lowest BCUT2D eigenvalue weighted by Gasteiger charge is -2.15. The average Bonchev–Trinajstić information content (AvgIpc) is 3.11. The van der Waals surface area contributed by atoms with E-state index in [1.165, 1.54) is 0 Å². The van der Waals surface area contributed by atoms with Crippen molar-refractivity contribution in [3.05, 3.63) is 24.3 Å². The van der Waals surface area contributed by atoms with E-state index in [0.29, 0.717) is 12.4 Å². The Kier molecular flexibility index (Phi) is 6.72. The maximum absolute atomic E-state index is 11.8. The number of rotatable bonds is 8. The number of likely N-dealkylation sites (tertiary alicyclic amines) is 1. The summed E-state index contributed by atoms with van der Waals surface area (Å²) in [5.41, 5.74) is 0. The molecule has 0 aliphatic carbocycles. The molecule has 126 valence electrons. The molecular formula is C17H24N2O4. The molecule has 0 radical (unpaired) electrons. The minimum absolute atomic E-state index is 0.0337. The number of carbonyl (C=O) groups excluding carboxylic acids is 2. The molecule has 2 amide bonds. The van der Waals surface area contributed by atoms with Crippen LogP contribution in [0.3, 0.4) is 0 Å². The van der Waals surface area contributed by atoms with E-state index in [2.05, 4.69) is 5.32 Å². The number of benzene rings is 1. The van der Waals surface area contributed by atoms with E-state index in [1.54, 1.807) is 29.2 Å². The van der Waals surface area contributed by atoms with Gasteiger partial charge in [-0.1, -0.05) is 6.92 Å². The summed E-state index contributed by atoms with van der Waals surface area (Å²) in [7, 11) is 0. The van der Waals surface area contributed by atoms with Crippen LogP contribution in [0.15, 0.2) is 24.3 Å². The summed E-state index contributed by atoms with van der Waals surface area (Å²) in [6.45, 7) is 4.22. The number of ether oxygens (including phenoxy) is 2. The Balaban J connectivity index is 1.66. The summed E-state index contributed by atoms with van der Waals surface area (Å²) >= 11 is 0. The molecule has 0 saturated carbocycles. The minimum atomic E-state index is -0.302. The van der Waals surface area contributed by atoms with Gasteiger partial charge < -0.3 is 19.7 Å². The molecule has 1 aliphatic heterocycles. The Morgan fingerprint density at radius 2 is 1.70 bits per heavy atom. The van der Waals surface area contributed by atoms with E-state index in [9.17, 15) is 9.59 Å². The molecule has 23 heavy (non-hydrogen) atoms. The van der Waals surface area contributed by atoms with Crippen LogP contribution in [0.25, 0.3) is 0 Å². The summed E-state index contributed by atoms with van der Waals surface area (Å²) in [6.07, 6.45) is 3.04. The predicted molar refractivity (Wildman–Crippen MR) is 86.5 cm³/mol. The molecule has 0 atom stereocenters. The van der Waals surface area contributed by atoms with Crippen LogP contribution in [0.1, 0.15) is 26.2 Å². The van der Waals surface area contributed by atoms with Crippen LogP contribution >= 0.6 is 0 Å². The van der Waals surface area contributed by atoms with Crippen molar-refractivity contribution < 1.29 is 19.1 Å². The van der Waals surface area contributed by atoms with Crippen LogP contribution in [0, 0.1) is 0 Å². The predicted octanol–water partition coefficient (Wildman–Crippen LogP) is 1.59. The van der Waals surface area contributed by atoms with E-state index in [0.717, 1.165) is 38.1 Å². The highest BCUT2D eigenvalue weighted by molar-refractivity contribution is 5.85. The third-order valence-corrected chi connectivity index (χ3v) is 3.56. The van der Waals surface area contributed by atoms with Crippen LogP contribution < -0.4 is 14.8 Å². The number of nitrogens with one attached hydrogen (secondary N) is 1. The zero-order chi connectivity index (χ0) is 16.5. The highest BCUT2D eigenvalue weighted by Crippen LogP contribution is 2.17. The number of hydrogen-bond donors (Lipinski definition) is 1. The Hall–Kier alpha value is -2.24. The molecule has 2 rings (SSSR count). The highest BCUT2D eigenvalue weighted by atomic mass is 16.5. The molecule has 1 aromatic rings. The van der Waals surface area contributed by atoms with Gasteiger partial charge in [0.1, 0.15) is 11.5 Å². The van der Waals surface area contributed by atoms with Crippen molar-refractivity contribution in [3.63, 3.8) is 0 Å². The molecule has 1 aromatic carbocycles. The van der Waals surface area contributed by atoms with Gasteiger partial charge >= 0.3 is 0 Å². The molecule has 6 nitrogen and oxygen atoms in total. The lowest BCUT2D eigenvalue weighted by Crippen LogP contribution is -2.40. The van der Waals surface area contributed by atoms with Crippen LogP contribution in [0.2, 0.25) is 0 Å². The molecule has 0 bridgehead atoms. The topological polar surface area (TPSA) is 67.9 Å². The van der Waals surface area contributed by atoms with Crippen molar-refractivity contribution in [3.8, 4) is 11.5 Å². The van der Waals surface area contributed by atoms with Crippen molar-refractivity contribution in [2.75, 3.05) is 32.8 Å². The first-order valence-corrected chi connectivity index (χ1v) is 8.09. The van der Waals surface area contributed by atoms with Gasteiger partial charge in [0.25, 0.3) is 5.91 Å². The summed E-state index contributed by atoms with van der Waals surface area (Å²) in [5, 5.41) is 2.59. The number of nitrogens with zero attached hydrogens (tertiary/aromatic N) is 1. The first-order chi connectivity index (χ1) is 11.2. The fraction of sp³-hybridized carbons (Fsp3) is 0.529. The fourth-order valence-corrected chi connectivity index (χ4v) is 2.30. The molecule has 6 heteroatoms. The molecule has 0 aromatic heterocycles. The van der Waals surface area contributed by atoms with Crippen molar-refractivity contribution in [1.29, 1.82) is 0 Å². The number of hydrogen-bond acceptors (Lipinski definition) is 4. The monoisotopic (exact) mass is 320 g/mol. The van der Waals surface area contributed by atoms with Crippen LogP contribution in [0.5, 0.6) is 11.5 Å². The van der Waals surface area contributed by atoms with Crippen LogP contribution in [0.4, 0.5) is 0 Å². The largest absolute Gasteiger partial charge is 0.494 e. The Bertz CT molecular complexity index is 510. The van der Waals surface area contributed by atoms with E-state index in [-0.39, 0.29) is 25.0 Å². The third-order valence-electron chi connectivity index (χ3n) is 3.56. The first-order valence-electron chi connectivity index (χ1n) is 8.09. The SMILES string of the molecule is CCCOc1ccc(OCC(=O)NCC(=O)N2CCCC2)cc1. The zero-order valence-corrected chi connectivity index (χ0v) is 13.5. The standard InChI is InChI=1S/C17H24N2O4/c1-2-11-22-14-5-7-15(8-6-14)23-13-16(20)18-12-17(21)19-9-3-4-10-19/h5-8H,2-4,9-13H2,1H3,(H,18,20). The first kappa shape index (κ1) is 17.1. The fourth-order valence-electron chi connectivity index (χ4n) is 2.30. The lowest BCUT2D eigenvalue weighted by molar-refractivity contribution is -0.132. The maximum Gasteiger partial charge on any atom is 0.258 e. The van der Waals surface area contributed by atoms with Crippen LogP contribution in [-0.2, 0) is 9.59 Å². The van der Waals surface area contributed by atoms with Crippen molar-refractivity contribution in [2.45, 2.75) is 26.2 Å². The molecule has 1 saturated heterocycles. The third kappa shape index (κ3) is 5.81. The van der Waals surface area contributed by atoms with E-state index < -0.39 is 0 Å². The van der Waals surface area contributed by atoms with Gasteiger partial charge in [-0.25, -0.2) is 0 Å². The summed E-state index contributed by atoms with van der Waals surface area (Å²) < 4.78 is 10.9. The Labute approximate surface area is 136 Å². The van der Waals surface area contributed by atoms with Crippen molar-refractivity contribution in [1.82, 2.24) is 10.2 Å². The van der Waals surface area contributed by atoms with Gasteiger partial charge in [-0.15, -0.1) is 0 Å². The smallest absolute Gasteiger partial charge is 0.258 e. The second-order valence-electron chi connectivity index (χ2n) is 5.47. The van der Waals surface area contributed by atoms with E-state index in [1.807, 2.05) is 6.92 Å². The Morgan fingerprint density at radius 3 is 2.30 bits per heavy atom. The second-order valence-corrected chi connectivity index (χ2v) is 5.47. The van der Waals surface area contributed by atoms with Gasteiger partial charge in [-0.2, -0.15) is 0 Å². The molecule has 1 heterocycles. The summed E-state index contributed by atoms with van der Waals surface area (Å²) in [5.74, 6) is 1.03. The summed E-state index contributed by atoms with van der Waals surface area (Å²) in [6, 6.07) is 7.13. The van der Waals surface area contributed by atoms with Gasteiger partial charge in [0.05, 0.1) is 13.2 Å².